The van der Waals surface area contributed by atoms with Crippen LogP contribution in [0.4, 0.5) is 0 Å². The van der Waals surface area contributed by atoms with Gasteiger partial charge in [-0.1, -0.05) is 12.2 Å². The average molecular weight is 206 g/mol. The number of methoxy groups -OCH3 is 1. The molecule has 0 aromatic carbocycles. The molecule has 0 aliphatic rings. The molecule has 78 valence electrons. The van der Waals surface area contributed by atoms with Crippen molar-refractivity contribution in [2.45, 2.75) is 13.0 Å². The van der Waals surface area contributed by atoms with Gasteiger partial charge >= 0.3 is 0 Å². The molecule has 0 saturated heterocycles. The molecule has 1 unspecified atom stereocenters. The standard InChI is InChI=1S/C8H18N2O2S/c1-7(8(9)13)10(3-5-11)4-6-12-2/h7,11H,3-6H2,1-2H3,(H2,9,13). The minimum Gasteiger partial charge on any atom is -0.395 e. The third-order valence-electron chi connectivity index (χ3n) is 1.93. The molecule has 0 aliphatic heterocycles. The van der Waals surface area contributed by atoms with Crippen molar-refractivity contribution in [2.24, 2.45) is 5.73 Å². The van der Waals surface area contributed by atoms with Crippen molar-refractivity contribution in [3.8, 4) is 0 Å². The van der Waals surface area contributed by atoms with E-state index in [0.717, 1.165) is 6.54 Å². The first-order chi connectivity index (χ1) is 6.13. The van der Waals surface area contributed by atoms with Crippen LogP contribution >= 0.6 is 12.2 Å². The molecular formula is C8H18N2O2S. The van der Waals surface area contributed by atoms with E-state index in [1.807, 2.05) is 11.8 Å². The number of nitrogens with two attached hydrogens (primary N) is 1. The topological polar surface area (TPSA) is 58.7 Å². The molecule has 0 bridgehead atoms. The van der Waals surface area contributed by atoms with E-state index in [1.54, 1.807) is 7.11 Å². The lowest BCUT2D eigenvalue weighted by Gasteiger charge is -2.27. The van der Waals surface area contributed by atoms with E-state index in [2.05, 4.69) is 0 Å². The van der Waals surface area contributed by atoms with Crippen molar-refractivity contribution in [1.29, 1.82) is 0 Å². The molecule has 1 atom stereocenters. The van der Waals surface area contributed by atoms with E-state index in [-0.39, 0.29) is 12.6 Å². The number of aliphatic hydroxyl groups excluding tert-OH is 1. The third-order valence-corrected chi connectivity index (χ3v) is 2.27. The molecule has 13 heavy (non-hydrogen) atoms. The van der Waals surface area contributed by atoms with Crippen molar-refractivity contribution in [1.82, 2.24) is 4.90 Å². The molecule has 5 heteroatoms. The molecular weight excluding hydrogens is 188 g/mol. The Morgan fingerprint density at radius 3 is 2.62 bits per heavy atom. The molecule has 0 spiro atoms. The summed E-state index contributed by atoms with van der Waals surface area (Å²) in [7, 11) is 1.64. The maximum atomic E-state index is 8.80. The number of thiocarbonyl (C=S) groups is 1. The van der Waals surface area contributed by atoms with Gasteiger partial charge in [0.25, 0.3) is 0 Å². The Labute approximate surface area is 84.7 Å². The lowest BCUT2D eigenvalue weighted by atomic mass is 10.3. The maximum absolute atomic E-state index is 8.80. The van der Waals surface area contributed by atoms with Crippen LogP contribution in [-0.2, 0) is 4.74 Å². The smallest absolute Gasteiger partial charge is 0.0899 e. The van der Waals surface area contributed by atoms with Crippen LogP contribution in [0.2, 0.25) is 0 Å². The second-order valence-corrected chi connectivity index (χ2v) is 3.30. The zero-order chi connectivity index (χ0) is 10.3. The SMILES string of the molecule is COCCN(CCO)C(C)C(N)=S. The minimum atomic E-state index is 0.0114. The van der Waals surface area contributed by atoms with Crippen LogP contribution in [0.1, 0.15) is 6.92 Å². The predicted octanol–water partition coefficient (Wildman–Crippen LogP) is -0.398. The van der Waals surface area contributed by atoms with Crippen LogP contribution in [0.5, 0.6) is 0 Å². The molecule has 0 amide bonds. The van der Waals surface area contributed by atoms with Gasteiger partial charge in [0.1, 0.15) is 0 Å². The van der Waals surface area contributed by atoms with Crippen molar-refractivity contribution >= 4 is 17.2 Å². The molecule has 0 saturated carbocycles. The molecule has 0 aliphatic carbocycles. The summed E-state index contributed by atoms with van der Waals surface area (Å²) >= 11 is 4.87. The first-order valence-electron chi connectivity index (χ1n) is 4.26. The Morgan fingerprint density at radius 1 is 1.62 bits per heavy atom. The van der Waals surface area contributed by atoms with Gasteiger partial charge in [-0.05, 0) is 6.92 Å². The molecule has 0 aromatic heterocycles. The summed E-state index contributed by atoms with van der Waals surface area (Å²) in [6, 6.07) is 0.0114. The second-order valence-electron chi connectivity index (χ2n) is 2.83. The lowest BCUT2D eigenvalue weighted by molar-refractivity contribution is 0.123. The van der Waals surface area contributed by atoms with E-state index in [0.29, 0.717) is 18.1 Å². The summed E-state index contributed by atoms with van der Waals surface area (Å²) in [5, 5.41) is 8.80. The normalized spacial score (nSPS) is 13.2. The van der Waals surface area contributed by atoms with Gasteiger partial charge in [-0.25, -0.2) is 0 Å². The van der Waals surface area contributed by atoms with Crippen LogP contribution in [0.25, 0.3) is 0 Å². The van der Waals surface area contributed by atoms with E-state index in [1.165, 1.54) is 0 Å². The van der Waals surface area contributed by atoms with Crippen molar-refractivity contribution in [3.63, 3.8) is 0 Å². The number of ether oxygens (including phenoxy) is 1. The third kappa shape index (κ3) is 5.15. The molecule has 0 heterocycles. The molecule has 0 aromatic rings. The highest BCUT2D eigenvalue weighted by Crippen LogP contribution is 1.98. The fourth-order valence-electron chi connectivity index (χ4n) is 1.02. The number of aliphatic hydroxyl groups is 1. The van der Waals surface area contributed by atoms with Gasteiger partial charge < -0.3 is 15.6 Å². The highest BCUT2D eigenvalue weighted by Gasteiger charge is 2.14. The number of hydrogen-bond acceptors (Lipinski definition) is 4. The van der Waals surface area contributed by atoms with Gasteiger partial charge in [-0.3, -0.25) is 4.90 Å². The summed E-state index contributed by atoms with van der Waals surface area (Å²) in [5.74, 6) is 0. The van der Waals surface area contributed by atoms with Gasteiger partial charge in [0.15, 0.2) is 0 Å². The molecule has 0 fully saturated rings. The Hall–Kier alpha value is -0.230. The van der Waals surface area contributed by atoms with Gasteiger partial charge in [-0.2, -0.15) is 0 Å². The number of nitrogens with zero attached hydrogens (tertiary/aromatic N) is 1. The summed E-state index contributed by atoms with van der Waals surface area (Å²) in [4.78, 5) is 2.44. The van der Waals surface area contributed by atoms with Crippen LogP contribution in [0.3, 0.4) is 0 Å². The Balaban J connectivity index is 3.98. The van der Waals surface area contributed by atoms with E-state index >= 15 is 0 Å². The number of rotatable bonds is 7. The van der Waals surface area contributed by atoms with Crippen molar-refractivity contribution in [2.75, 3.05) is 33.4 Å². The van der Waals surface area contributed by atoms with Gasteiger partial charge in [0.2, 0.25) is 0 Å². The van der Waals surface area contributed by atoms with Crippen LogP contribution in [-0.4, -0.2) is 54.4 Å². The fraction of sp³-hybridized carbons (Fsp3) is 0.875. The van der Waals surface area contributed by atoms with E-state index in [9.17, 15) is 0 Å². The van der Waals surface area contributed by atoms with Crippen LogP contribution in [0.15, 0.2) is 0 Å². The van der Waals surface area contributed by atoms with E-state index in [4.69, 9.17) is 27.8 Å². The highest BCUT2D eigenvalue weighted by molar-refractivity contribution is 7.80. The second kappa shape index (κ2) is 7.20. The van der Waals surface area contributed by atoms with Gasteiger partial charge in [0.05, 0.1) is 24.2 Å². The van der Waals surface area contributed by atoms with Crippen LogP contribution in [0, 0.1) is 0 Å². The maximum Gasteiger partial charge on any atom is 0.0899 e. The zero-order valence-electron chi connectivity index (χ0n) is 8.19. The average Bonchev–Trinajstić information content (AvgIpc) is 2.11. The molecule has 4 nitrogen and oxygen atoms in total. The minimum absolute atomic E-state index is 0.0114. The predicted molar refractivity (Wildman–Crippen MR) is 56.8 cm³/mol. The quantitative estimate of drug-likeness (QED) is 0.555. The monoisotopic (exact) mass is 206 g/mol. The number of hydrogen-bond donors (Lipinski definition) is 2. The highest BCUT2D eigenvalue weighted by atomic mass is 32.1. The summed E-state index contributed by atoms with van der Waals surface area (Å²) in [6.45, 7) is 3.95. The Morgan fingerprint density at radius 2 is 2.23 bits per heavy atom. The van der Waals surface area contributed by atoms with Crippen LogP contribution < -0.4 is 5.73 Å². The van der Waals surface area contributed by atoms with Gasteiger partial charge in [-0.15, -0.1) is 0 Å². The summed E-state index contributed by atoms with van der Waals surface area (Å²) in [5.41, 5.74) is 5.51. The largest absolute Gasteiger partial charge is 0.395 e. The Kier molecular flexibility index (Phi) is 7.07. The Bertz CT molecular complexity index is 155. The van der Waals surface area contributed by atoms with Gasteiger partial charge in [0, 0.05) is 20.2 Å². The molecule has 3 N–H and O–H groups in total. The van der Waals surface area contributed by atoms with Crippen molar-refractivity contribution < 1.29 is 9.84 Å². The first-order valence-corrected chi connectivity index (χ1v) is 4.67. The summed E-state index contributed by atoms with van der Waals surface area (Å²) in [6.07, 6.45) is 0. The fourth-order valence-corrected chi connectivity index (χ4v) is 1.17. The lowest BCUT2D eigenvalue weighted by Crippen LogP contribution is -2.44. The molecule has 0 rings (SSSR count). The molecule has 0 radical (unpaired) electrons. The van der Waals surface area contributed by atoms with E-state index < -0.39 is 0 Å². The first kappa shape index (κ1) is 12.8. The summed E-state index contributed by atoms with van der Waals surface area (Å²) < 4.78 is 4.94. The van der Waals surface area contributed by atoms with Crippen molar-refractivity contribution in [3.05, 3.63) is 0 Å². The zero-order valence-corrected chi connectivity index (χ0v) is 9.01.